The second kappa shape index (κ2) is 7.87. The predicted molar refractivity (Wildman–Crippen MR) is 105 cm³/mol. The molecule has 3 rings (SSSR count). The minimum absolute atomic E-state index is 0.0536. The topological polar surface area (TPSA) is 69.7 Å². The number of Topliss-reactive ketones (excluding diaryl/α,β-unsaturated/α-hetero) is 1. The number of piperazine rings is 1. The highest BCUT2D eigenvalue weighted by Gasteiger charge is 2.19. The molecular formula is C18H23N3O3S2. The SMILES string of the molecule is Cc1ccc(S(=O)(=O)Nc2ccc(C(=O)CN3CCN(C)CC3)cc2)s1. The largest absolute Gasteiger partial charge is 0.304 e. The monoisotopic (exact) mass is 393 g/mol. The smallest absolute Gasteiger partial charge is 0.271 e. The molecule has 1 fully saturated rings. The van der Waals surface area contributed by atoms with Crippen molar-refractivity contribution in [2.45, 2.75) is 11.1 Å². The number of carbonyl (C=O) groups excluding carboxylic acids is 1. The summed E-state index contributed by atoms with van der Waals surface area (Å²) in [7, 11) is -1.50. The minimum atomic E-state index is -3.58. The van der Waals surface area contributed by atoms with E-state index < -0.39 is 10.0 Å². The van der Waals surface area contributed by atoms with Crippen molar-refractivity contribution in [2.75, 3.05) is 44.5 Å². The number of benzene rings is 1. The van der Waals surface area contributed by atoms with E-state index in [0.29, 0.717) is 17.8 Å². The average molecular weight is 394 g/mol. The summed E-state index contributed by atoms with van der Waals surface area (Å²) in [6, 6.07) is 9.99. The van der Waals surface area contributed by atoms with Gasteiger partial charge in [0.2, 0.25) is 0 Å². The van der Waals surface area contributed by atoms with Gasteiger partial charge in [-0.05, 0) is 50.4 Å². The van der Waals surface area contributed by atoms with E-state index in [9.17, 15) is 13.2 Å². The molecule has 0 aliphatic carbocycles. The van der Waals surface area contributed by atoms with E-state index in [1.54, 1.807) is 36.4 Å². The molecular weight excluding hydrogens is 370 g/mol. The fourth-order valence-corrected chi connectivity index (χ4v) is 5.13. The van der Waals surface area contributed by atoms with E-state index in [-0.39, 0.29) is 9.99 Å². The first-order chi connectivity index (χ1) is 12.3. The van der Waals surface area contributed by atoms with E-state index in [1.165, 1.54) is 11.3 Å². The third kappa shape index (κ3) is 4.70. The summed E-state index contributed by atoms with van der Waals surface area (Å²) in [6.45, 7) is 5.98. The molecule has 6 nitrogen and oxygen atoms in total. The number of hydrogen-bond donors (Lipinski definition) is 1. The van der Waals surface area contributed by atoms with Crippen molar-refractivity contribution in [3.63, 3.8) is 0 Å². The zero-order valence-corrected chi connectivity index (χ0v) is 16.6. The summed E-state index contributed by atoms with van der Waals surface area (Å²) < 4.78 is 27.5. The van der Waals surface area contributed by atoms with Gasteiger partial charge in [-0.1, -0.05) is 0 Å². The molecule has 0 unspecified atom stereocenters. The van der Waals surface area contributed by atoms with E-state index in [4.69, 9.17) is 0 Å². The van der Waals surface area contributed by atoms with Crippen molar-refractivity contribution in [3.05, 3.63) is 46.8 Å². The Morgan fingerprint density at radius 2 is 1.73 bits per heavy atom. The lowest BCUT2D eigenvalue weighted by Crippen LogP contribution is -2.46. The number of ketones is 1. The maximum absolute atomic E-state index is 12.4. The van der Waals surface area contributed by atoms with Crippen LogP contribution in [-0.4, -0.2) is 63.8 Å². The van der Waals surface area contributed by atoms with Crippen LogP contribution in [0, 0.1) is 6.92 Å². The van der Waals surface area contributed by atoms with Gasteiger partial charge in [0.15, 0.2) is 5.78 Å². The zero-order valence-electron chi connectivity index (χ0n) is 14.9. The quantitative estimate of drug-likeness (QED) is 0.763. The third-order valence-corrected chi connectivity index (χ3v) is 7.28. The summed E-state index contributed by atoms with van der Waals surface area (Å²) in [6.07, 6.45) is 0. The molecule has 140 valence electrons. The summed E-state index contributed by atoms with van der Waals surface area (Å²) in [4.78, 5) is 17.8. The Hall–Kier alpha value is -1.74. The van der Waals surface area contributed by atoms with Crippen LogP contribution in [0.25, 0.3) is 0 Å². The Balaban J connectivity index is 1.62. The Bertz CT molecular complexity index is 867. The van der Waals surface area contributed by atoms with E-state index in [0.717, 1.165) is 31.1 Å². The van der Waals surface area contributed by atoms with Crippen molar-refractivity contribution in [1.29, 1.82) is 0 Å². The number of aryl methyl sites for hydroxylation is 1. The normalized spacial score (nSPS) is 16.5. The number of thiophene rings is 1. The first-order valence-corrected chi connectivity index (χ1v) is 10.8. The van der Waals surface area contributed by atoms with Crippen molar-refractivity contribution < 1.29 is 13.2 Å². The Morgan fingerprint density at radius 1 is 1.08 bits per heavy atom. The van der Waals surface area contributed by atoms with Gasteiger partial charge < -0.3 is 4.90 Å². The van der Waals surface area contributed by atoms with Crippen molar-refractivity contribution in [1.82, 2.24) is 9.80 Å². The molecule has 1 aromatic carbocycles. The Labute approximate surface area is 158 Å². The number of anilines is 1. The van der Waals surface area contributed by atoms with Gasteiger partial charge in [-0.2, -0.15) is 0 Å². The van der Waals surface area contributed by atoms with Gasteiger partial charge in [0, 0.05) is 42.3 Å². The van der Waals surface area contributed by atoms with Crippen LogP contribution in [0.2, 0.25) is 0 Å². The second-order valence-electron chi connectivity index (χ2n) is 6.55. The average Bonchev–Trinajstić information content (AvgIpc) is 3.05. The van der Waals surface area contributed by atoms with Crippen LogP contribution in [0.15, 0.2) is 40.6 Å². The van der Waals surface area contributed by atoms with Gasteiger partial charge in [-0.3, -0.25) is 14.4 Å². The molecule has 2 aromatic rings. The molecule has 1 aromatic heterocycles. The summed E-state index contributed by atoms with van der Waals surface area (Å²) >= 11 is 1.23. The van der Waals surface area contributed by atoms with Crippen LogP contribution >= 0.6 is 11.3 Å². The van der Waals surface area contributed by atoms with E-state index >= 15 is 0 Å². The zero-order chi connectivity index (χ0) is 18.7. The number of rotatable bonds is 6. The fourth-order valence-electron chi connectivity index (χ4n) is 2.79. The molecule has 0 bridgehead atoms. The summed E-state index contributed by atoms with van der Waals surface area (Å²) in [5, 5.41) is 0. The number of hydrogen-bond acceptors (Lipinski definition) is 6. The summed E-state index contributed by atoms with van der Waals surface area (Å²) in [5.41, 5.74) is 1.05. The molecule has 0 radical (unpaired) electrons. The van der Waals surface area contributed by atoms with Gasteiger partial charge >= 0.3 is 0 Å². The fraction of sp³-hybridized carbons (Fsp3) is 0.389. The first kappa shape index (κ1) is 19.0. The predicted octanol–water partition coefficient (Wildman–Crippen LogP) is 2.29. The summed E-state index contributed by atoms with van der Waals surface area (Å²) in [5.74, 6) is 0.0536. The molecule has 0 amide bonds. The van der Waals surface area contributed by atoms with Gasteiger partial charge in [0.25, 0.3) is 10.0 Å². The van der Waals surface area contributed by atoms with Gasteiger partial charge in [0.1, 0.15) is 4.21 Å². The molecule has 8 heteroatoms. The number of nitrogens with one attached hydrogen (secondary N) is 1. The van der Waals surface area contributed by atoms with Crippen LogP contribution in [0.4, 0.5) is 5.69 Å². The second-order valence-corrected chi connectivity index (χ2v) is 9.75. The highest BCUT2D eigenvalue weighted by Crippen LogP contribution is 2.23. The van der Waals surface area contributed by atoms with Gasteiger partial charge in [0.05, 0.1) is 6.54 Å². The van der Waals surface area contributed by atoms with Gasteiger partial charge in [-0.15, -0.1) is 11.3 Å². The number of carbonyl (C=O) groups is 1. The Morgan fingerprint density at radius 3 is 2.31 bits per heavy atom. The molecule has 1 N–H and O–H groups in total. The molecule has 0 atom stereocenters. The lowest BCUT2D eigenvalue weighted by Gasteiger charge is -2.31. The van der Waals surface area contributed by atoms with Crippen molar-refractivity contribution in [2.24, 2.45) is 0 Å². The van der Waals surface area contributed by atoms with Crippen LogP contribution in [0.3, 0.4) is 0 Å². The van der Waals surface area contributed by atoms with Crippen molar-refractivity contribution >= 4 is 32.8 Å². The number of nitrogens with zero attached hydrogens (tertiary/aromatic N) is 2. The number of sulfonamides is 1. The maximum atomic E-state index is 12.4. The number of likely N-dealkylation sites (N-methyl/N-ethyl adjacent to an activating group) is 1. The third-order valence-electron chi connectivity index (χ3n) is 4.40. The molecule has 1 saturated heterocycles. The molecule has 0 saturated carbocycles. The minimum Gasteiger partial charge on any atom is -0.304 e. The maximum Gasteiger partial charge on any atom is 0.271 e. The van der Waals surface area contributed by atoms with Crippen LogP contribution < -0.4 is 4.72 Å². The first-order valence-electron chi connectivity index (χ1n) is 8.47. The van der Waals surface area contributed by atoms with E-state index in [2.05, 4.69) is 21.6 Å². The lowest BCUT2D eigenvalue weighted by molar-refractivity contribution is 0.0876. The Kier molecular flexibility index (Phi) is 5.76. The molecule has 0 spiro atoms. The van der Waals surface area contributed by atoms with Crippen LogP contribution in [0.1, 0.15) is 15.2 Å². The lowest BCUT2D eigenvalue weighted by atomic mass is 10.1. The van der Waals surface area contributed by atoms with Crippen LogP contribution in [-0.2, 0) is 10.0 Å². The highest BCUT2D eigenvalue weighted by molar-refractivity contribution is 7.94. The van der Waals surface area contributed by atoms with Gasteiger partial charge in [-0.25, -0.2) is 8.42 Å². The molecule has 1 aliphatic heterocycles. The molecule has 1 aliphatic rings. The van der Waals surface area contributed by atoms with Crippen LogP contribution in [0.5, 0.6) is 0 Å². The van der Waals surface area contributed by atoms with Crippen molar-refractivity contribution in [3.8, 4) is 0 Å². The molecule has 2 heterocycles. The molecule has 26 heavy (non-hydrogen) atoms. The highest BCUT2D eigenvalue weighted by atomic mass is 32.2. The van der Waals surface area contributed by atoms with E-state index in [1.807, 2.05) is 6.92 Å². The standard InChI is InChI=1S/C18H23N3O3S2/c1-14-3-8-18(25-14)26(23,24)19-16-6-4-15(5-7-16)17(22)13-21-11-9-20(2)10-12-21/h3-8,19H,9-13H2,1-2H3.